The minimum atomic E-state index is -3.91. The highest BCUT2D eigenvalue weighted by atomic mass is 35.5. The third-order valence-electron chi connectivity index (χ3n) is 5.14. The van der Waals surface area contributed by atoms with E-state index < -0.39 is 9.84 Å². The Labute approximate surface area is 193 Å². The summed E-state index contributed by atoms with van der Waals surface area (Å²) in [5, 5.41) is 13.7. The molecule has 3 aromatic heterocycles. The second kappa shape index (κ2) is 7.84. The molecule has 0 aliphatic heterocycles. The van der Waals surface area contributed by atoms with Crippen LogP contribution in [0.3, 0.4) is 0 Å². The maximum atomic E-state index is 13.4. The van der Waals surface area contributed by atoms with Crippen molar-refractivity contribution in [1.29, 1.82) is 0 Å². The first kappa shape index (κ1) is 20.9. The first-order valence-corrected chi connectivity index (χ1v) is 12.6. The van der Waals surface area contributed by atoms with Gasteiger partial charge in [-0.15, -0.1) is 16.4 Å². The third-order valence-corrected chi connectivity index (χ3v) is 7.97. The van der Waals surface area contributed by atoms with Crippen LogP contribution in [0.25, 0.3) is 15.9 Å². The van der Waals surface area contributed by atoms with Crippen molar-refractivity contribution in [3.05, 3.63) is 70.6 Å². The van der Waals surface area contributed by atoms with E-state index in [2.05, 4.69) is 34.5 Å². The van der Waals surface area contributed by atoms with Gasteiger partial charge >= 0.3 is 0 Å². The highest BCUT2D eigenvalue weighted by Gasteiger charge is 2.27. The van der Waals surface area contributed by atoms with Crippen LogP contribution in [0.2, 0.25) is 5.02 Å². The third kappa shape index (κ3) is 3.52. The summed E-state index contributed by atoms with van der Waals surface area (Å²) in [5.74, 6) is 0.829. The van der Waals surface area contributed by atoms with Crippen molar-refractivity contribution >= 4 is 60.1 Å². The van der Waals surface area contributed by atoms with Crippen LogP contribution in [0.4, 0.5) is 11.5 Å². The standard InChI is InChI=1S/C22H18ClN5O2S2/c1-13(2)14-3-9-17(10-4-14)32(29,30)22-21-25-20(24-16-7-5-15(23)6-8-16)19-18(11-12-31-19)28(21)27-26-22/h3-13H,1-2H3,(H,24,25). The molecule has 0 saturated heterocycles. The topological polar surface area (TPSA) is 89.2 Å². The second-order valence-electron chi connectivity index (χ2n) is 7.58. The molecule has 0 spiro atoms. The molecule has 5 rings (SSSR count). The molecular weight excluding hydrogens is 466 g/mol. The molecule has 0 bridgehead atoms. The van der Waals surface area contributed by atoms with Crippen molar-refractivity contribution in [2.75, 3.05) is 5.32 Å². The Morgan fingerprint density at radius 3 is 2.44 bits per heavy atom. The van der Waals surface area contributed by atoms with Crippen LogP contribution in [-0.2, 0) is 9.84 Å². The fourth-order valence-corrected chi connectivity index (χ4v) is 5.57. The van der Waals surface area contributed by atoms with Gasteiger partial charge in [0.25, 0.3) is 0 Å². The van der Waals surface area contributed by atoms with Gasteiger partial charge in [0.05, 0.1) is 15.1 Å². The summed E-state index contributed by atoms with van der Waals surface area (Å²) in [5.41, 5.74) is 2.73. The number of sulfone groups is 1. The van der Waals surface area contributed by atoms with Crippen molar-refractivity contribution < 1.29 is 8.42 Å². The molecule has 5 aromatic rings. The Balaban J connectivity index is 1.65. The number of halogens is 1. The number of hydrogen-bond acceptors (Lipinski definition) is 7. The quantitative estimate of drug-likeness (QED) is 0.345. The summed E-state index contributed by atoms with van der Waals surface area (Å²) >= 11 is 7.46. The van der Waals surface area contributed by atoms with E-state index >= 15 is 0 Å². The average Bonchev–Trinajstić information content (AvgIpc) is 3.43. The summed E-state index contributed by atoms with van der Waals surface area (Å²) in [7, 11) is -3.91. The van der Waals surface area contributed by atoms with E-state index in [1.807, 2.05) is 35.7 Å². The molecule has 0 aliphatic carbocycles. The smallest absolute Gasteiger partial charge is 0.229 e. The van der Waals surface area contributed by atoms with Crippen LogP contribution in [0.15, 0.2) is 69.9 Å². The molecule has 1 N–H and O–H groups in total. The summed E-state index contributed by atoms with van der Waals surface area (Å²) in [6.07, 6.45) is 0. The number of nitrogens with zero attached hydrogens (tertiary/aromatic N) is 4. The normalized spacial score (nSPS) is 12.1. The molecule has 0 fully saturated rings. The molecule has 7 nitrogen and oxygen atoms in total. The number of rotatable bonds is 5. The highest BCUT2D eigenvalue weighted by Crippen LogP contribution is 2.33. The SMILES string of the molecule is CC(C)c1ccc(S(=O)(=O)c2nnn3c2nc(Nc2ccc(Cl)cc2)c2sccc23)cc1. The van der Waals surface area contributed by atoms with Crippen molar-refractivity contribution in [1.82, 2.24) is 19.8 Å². The minimum Gasteiger partial charge on any atom is -0.339 e. The van der Waals surface area contributed by atoms with Crippen molar-refractivity contribution in [3.63, 3.8) is 0 Å². The molecule has 162 valence electrons. The average molecular weight is 484 g/mol. The zero-order chi connectivity index (χ0) is 22.5. The van der Waals surface area contributed by atoms with Gasteiger partial charge in [0.1, 0.15) is 0 Å². The van der Waals surface area contributed by atoms with Gasteiger partial charge in [-0.05, 0) is 59.3 Å². The number of anilines is 2. The molecule has 0 amide bonds. The van der Waals surface area contributed by atoms with Crippen LogP contribution >= 0.6 is 22.9 Å². The van der Waals surface area contributed by atoms with Gasteiger partial charge in [-0.3, -0.25) is 0 Å². The molecule has 3 heterocycles. The lowest BCUT2D eigenvalue weighted by atomic mass is 10.0. The fraction of sp³-hybridized carbons (Fsp3) is 0.136. The largest absolute Gasteiger partial charge is 0.339 e. The highest BCUT2D eigenvalue weighted by molar-refractivity contribution is 7.91. The summed E-state index contributed by atoms with van der Waals surface area (Å²) in [6, 6.07) is 15.9. The van der Waals surface area contributed by atoms with E-state index in [0.717, 1.165) is 21.5 Å². The molecule has 0 aliphatic rings. The van der Waals surface area contributed by atoms with Gasteiger partial charge in [0.2, 0.25) is 14.9 Å². The lowest BCUT2D eigenvalue weighted by Gasteiger charge is -2.09. The van der Waals surface area contributed by atoms with Crippen molar-refractivity contribution in [2.24, 2.45) is 0 Å². The number of nitrogens with one attached hydrogen (secondary N) is 1. The number of aromatic nitrogens is 4. The fourth-order valence-electron chi connectivity index (χ4n) is 3.40. The Morgan fingerprint density at radius 2 is 1.75 bits per heavy atom. The van der Waals surface area contributed by atoms with Gasteiger partial charge < -0.3 is 5.32 Å². The second-order valence-corrected chi connectivity index (χ2v) is 10.8. The summed E-state index contributed by atoms with van der Waals surface area (Å²) in [4.78, 5) is 4.77. The number of thiophene rings is 1. The van der Waals surface area contributed by atoms with Crippen LogP contribution < -0.4 is 5.32 Å². The van der Waals surface area contributed by atoms with Gasteiger partial charge in [-0.25, -0.2) is 13.4 Å². The number of benzene rings is 2. The summed E-state index contributed by atoms with van der Waals surface area (Å²) in [6.45, 7) is 4.11. The van der Waals surface area contributed by atoms with Crippen molar-refractivity contribution in [2.45, 2.75) is 29.7 Å². The van der Waals surface area contributed by atoms with Crippen molar-refractivity contribution in [3.8, 4) is 0 Å². The van der Waals surface area contributed by atoms with Gasteiger partial charge in [0.15, 0.2) is 11.5 Å². The van der Waals surface area contributed by atoms with Crippen LogP contribution in [0.1, 0.15) is 25.3 Å². The Hall–Kier alpha value is -3.01. The maximum absolute atomic E-state index is 13.4. The number of fused-ring (bicyclic) bond motifs is 3. The Bertz CT molecular complexity index is 1540. The molecule has 0 saturated carbocycles. The molecule has 2 aromatic carbocycles. The zero-order valence-electron chi connectivity index (χ0n) is 17.2. The first-order valence-electron chi connectivity index (χ1n) is 9.85. The van der Waals surface area contributed by atoms with E-state index in [-0.39, 0.29) is 15.6 Å². The lowest BCUT2D eigenvalue weighted by molar-refractivity contribution is 0.592. The zero-order valence-corrected chi connectivity index (χ0v) is 19.5. The lowest BCUT2D eigenvalue weighted by Crippen LogP contribution is -2.05. The first-order chi connectivity index (χ1) is 15.3. The van der Waals surface area contributed by atoms with Gasteiger partial charge in [-0.1, -0.05) is 42.8 Å². The van der Waals surface area contributed by atoms with E-state index in [1.54, 1.807) is 24.3 Å². The van der Waals surface area contributed by atoms with E-state index in [4.69, 9.17) is 11.6 Å². The molecular formula is C22H18ClN5O2S2. The predicted molar refractivity (Wildman–Crippen MR) is 127 cm³/mol. The summed E-state index contributed by atoms with van der Waals surface area (Å²) < 4.78 is 29.1. The predicted octanol–water partition coefficient (Wildman–Crippen LogP) is 5.69. The van der Waals surface area contributed by atoms with Crippen LogP contribution in [0, 0.1) is 0 Å². The van der Waals surface area contributed by atoms with E-state index in [1.165, 1.54) is 15.9 Å². The minimum absolute atomic E-state index is 0.156. The van der Waals surface area contributed by atoms with E-state index in [9.17, 15) is 8.42 Å². The Morgan fingerprint density at radius 1 is 1.03 bits per heavy atom. The van der Waals surface area contributed by atoms with Crippen LogP contribution in [0.5, 0.6) is 0 Å². The number of hydrogen-bond donors (Lipinski definition) is 1. The van der Waals surface area contributed by atoms with Gasteiger partial charge in [0, 0.05) is 10.7 Å². The van der Waals surface area contributed by atoms with E-state index in [0.29, 0.717) is 16.8 Å². The molecule has 0 atom stereocenters. The Kier molecular flexibility index (Phi) is 5.11. The maximum Gasteiger partial charge on any atom is 0.229 e. The molecule has 10 heteroatoms. The molecule has 0 unspecified atom stereocenters. The molecule has 32 heavy (non-hydrogen) atoms. The monoisotopic (exact) mass is 483 g/mol. The molecule has 0 radical (unpaired) electrons. The van der Waals surface area contributed by atoms with Gasteiger partial charge in [-0.2, -0.15) is 4.52 Å². The van der Waals surface area contributed by atoms with Crippen LogP contribution in [-0.4, -0.2) is 28.2 Å².